The molecule has 0 spiro atoms. The standard InChI is InChI=1S/C41H25BCl2N2O.C41H28Cl2N2O/c1-41(2)28-13-5-3-10-26(28)39-36(41)27-12-7-14-30-38(27)46(39)34-21-23(44)20-33-37(34)42(30)29-18-17-22(43)19-32(29)45(33)31-15-8-11-25-24-9-4-6-16-35(24)47-40(25)31;1-41(2)34-17-6-3-14-32(34)39-38(41)33-15-4-7-18-35(33)45(39)29-23-26(43)22-28(24-29)44(27-12-9-11-25(42)21-27)36-19-10-16-31-30-13-5-8-20-37(30)46-40(31)36/h3-21H,1-2H3;3-24H,1-2H3. The van der Waals surface area contributed by atoms with E-state index in [-0.39, 0.29) is 17.5 Å². The highest BCUT2D eigenvalue weighted by Crippen LogP contribution is 2.57. The highest BCUT2D eigenvalue weighted by Gasteiger charge is 2.48. The Bertz CT molecular complexity index is 5950. The van der Waals surface area contributed by atoms with E-state index < -0.39 is 0 Å². The van der Waals surface area contributed by atoms with Gasteiger partial charge in [0.05, 0.1) is 28.3 Å². The quantitative estimate of drug-likeness (QED) is 0.161. The Kier molecular flexibility index (Phi) is 11.7. The van der Waals surface area contributed by atoms with Gasteiger partial charge in [0.15, 0.2) is 11.2 Å². The highest BCUT2D eigenvalue weighted by atomic mass is 35.5. The van der Waals surface area contributed by atoms with Crippen LogP contribution in [0.5, 0.6) is 0 Å². The van der Waals surface area contributed by atoms with E-state index in [4.69, 9.17) is 55.2 Å². The number of nitrogens with zero attached hydrogens (tertiary/aromatic N) is 4. The second-order valence-corrected chi connectivity index (χ2v) is 27.8. The lowest BCUT2D eigenvalue weighted by Crippen LogP contribution is -2.60. The van der Waals surface area contributed by atoms with Crippen LogP contribution in [0, 0.1) is 0 Å². The van der Waals surface area contributed by atoms with Gasteiger partial charge in [0.2, 0.25) is 0 Å². The van der Waals surface area contributed by atoms with Crippen molar-refractivity contribution in [1.82, 2.24) is 9.13 Å². The molecule has 20 rings (SSSR count). The van der Waals surface area contributed by atoms with Crippen LogP contribution in [0.4, 0.5) is 34.1 Å². The third-order valence-electron chi connectivity index (χ3n) is 20.3. The van der Waals surface area contributed by atoms with Crippen molar-refractivity contribution in [1.29, 1.82) is 0 Å². The summed E-state index contributed by atoms with van der Waals surface area (Å²) in [6.45, 7) is 9.37. The zero-order chi connectivity index (χ0) is 62.5. The molecule has 12 aromatic carbocycles. The molecule has 0 atom stereocenters. The number of hydrogen-bond acceptors (Lipinski definition) is 4. The average Bonchev–Trinajstić information content (AvgIpc) is 1.50. The molecule has 0 bridgehead atoms. The minimum atomic E-state index is -0.151. The second kappa shape index (κ2) is 19.8. The van der Waals surface area contributed by atoms with Crippen molar-refractivity contribution >= 4 is 169 Å². The number of anilines is 6. The summed E-state index contributed by atoms with van der Waals surface area (Å²) in [7, 11) is 0. The van der Waals surface area contributed by atoms with Gasteiger partial charge in [-0.1, -0.05) is 232 Å². The van der Waals surface area contributed by atoms with Gasteiger partial charge in [-0.05, 0) is 130 Å². The van der Waals surface area contributed by atoms with Crippen LogP contribution >= 0.6 is 46.4 Å². The van der Waals surface area contributed by atoms with Crippen LogP contribution in [0.25, 0.3) is 99.6 Å². The van der Waals surface area contributed by atoms with Gasteiger partial charge in [-0.25, -0.2) is 0 Å². The topological polar surface area (TPSA) is 42.6 Å². The molecule has 0 fully saturated rings. The summed E-state index contributed by atoms with van der Waals surface area (Å²) in [4.78, 5) is 4.51. The second-order valence-electron chi connectivity index (χ2n) is 26.0. The predicted octanol–water partition coefficient (Wildman–Crippen LogP) is 22.4. The molecule has 4 aromatic heterocycles. The molecule has 0 saturated carbocycles. The number of rotatable bonds is 5. The Balaban J connectivity index is 0.000000133. The molecule has 0 unspecified atom stereocenters. The van der Waals surface area contributed by atoms with E-state index in [1.807, 2.05) is 60.7 Å². The lowest BCUT2D eigenvalue weighted by Gasteiger charge is -2.40. The van der Waals surface area contributed by atoms with Crippen molar-refractivity contribution < 1.29 is 8.83 Å². The van der Waals surface area contributed by atoms with E-state index in [2.05, 4.69) is 235 Å². The van der Waals surface area contributed by atoms with Gasteiger partial charge in [-0.2, -0.15) is 0 Å². The number of para-hydroxylation sites is 6. The molecule has 2 aliphatic heterocycles. The SMILES string of the molecule is CC1(C)c2ccccc2-c2c1c1cccc3c1n2-c1cc(Cl)cc2c1B3c1ccc(Cl)cc1N2c1cccc2c1oc1ccccc12.CC1(C)c2ccccc2-c2c1c1ccccc1n2-c1cc(Cl)cc(N(c2cccc(Cl)c2)c2cccc3c2oc2ccccc23)c1. The van der Waals surface area contributed by atoms with E-state index in [0.29, 0.717) is 20.1 Å². The van der Waals surface area contributed by atoms with Gasteiger partial charge in [0.25, 0.3) is 6.71 Å². The molecular weight excluding hydrogens is 1230 g/mol. The fourth-order valence-corrected chi connectivity index (χ4v) is 17.4. The number of aromatic nitrogens is 2. The zero-order valence-corrected chi connectivity index (χ0v) is 53.9. The molecule has 0 radical (unpaired) electrons. The van der Waals surface area contributed by atoms with E-state index in [1.54, 1.807) is 0 Å². The number of fused-ring (bicyclic) bond motifs is 20. The fraction of sp³-hybridized carbons (Fsp3) is 0.0732. The minimum Gasteiger partial charge on any atom is -0.454 e. The van der Waals surface area contributed by atoms with Crippen LogP contribution in [-0.4, -0.2) is 15.8 Å². The molecule has 6 heterocycles. The lowest BCUT2D eigenvalue weighted by atomic mass is 9.34. The number of benzene rings is 12. The summed E-state index contributed by atoms with van der Waals surface area (Å²) in [6, 6.07) is 87.0. The normalized spacial score (nSPS) is 14.2. The summed E-state index contributed by atoms with van der Waals surface area (Å²) in [5.41, 5.74) is 27.5. The van der Waals surface area contributed by atoms with Crippen molar-refractivity contribution in [2.45, 2.75) is 38.5 Å². The monoisotopic (exact) mass is 1280 g/mol. The van der Waals surface area contributed by atoms with E-state index >= 15 is 0 Å². The van der Waals surface area contributed by atoms with Crippen LogP contribution in [0.1, 0.15) is 49.9 Å². The maximum Gasteiger partial charge on any atom is 0.252 e. The number of halogens is 4. The smallest absolute Gasteiger partial charge is 0.252 e. The molecule has 0 saturated heterocycles. The third-order valence-corrected chi connectivity index (χ3v) is 21.2. The van der Waals surface area contributed by atoms with Crippen molar-refractivity contribution in [3.63, 3.8) is 0 Å². The summed E-state index contributed by atoms with van der Waals surface area (Å²) in [6.07, 6.45) is 0. The summed E-state index contributed by atoms with van der Waals surface area (Å²) < 4.78 is 18.1. The van der Waals surface area contributed by atoms with Gasteiger partial charge >= 0.3 is 0 Å². The maximum absolute atomic E-state index is 7.17. The molecule has 16 aromatic rings. The average molecular weight is 1280 g/mol. The molecule has 0 amide bonds. The minimum absolute atomic E-state index is 0.000224. The maximum atomic E-state index is 7.17. The van der Waals surface area contributed by atoms with Crippen LogP contribution in [0.3, 0.4) is 0 Å². The molecule has 444 valence electrons. The van der Waals surface area contributed by atoms with Crippen molar-refractivity contribution in [2.75, 3.05) is 9.80 Å². The van der Waals surface area contributed by atoms with Crippen LogP contribution in [-0.2, 0) is 10.8 Å². The molecular formula is C82H53BCl4N4O2. The Morgan fingerprint density at radius 1 is 0.387 bits per heavy atom. The van der Waals surface area contributed by atoms with Crippen molar-refractivity contribution in [3.05, 3.63) is 291 Å². The highest BCUT2D eigenvalue weighted by molar-refractivity contribution is 7.00. The van der Waals surface area contributed by atoms with Gasteiger partial charge in [0.1, 0.15) is 11.2 Å². The molecule has 0 N–H and O–H groups in total. The first-order valence-corrected chi connectivity index (χ1v) is 32.9. The van der Waals surface area contributed by atoms with Crippen LogP contribution in [0.15, 0.2) is 258 Å². The zero-order valence-electron chi connectivity index (χ0n) is 50.9. The Hall–Kier alpha value is -9.86. The first-order valence-electron chi connectivity index (χ1n) is 31.4. The number of furan rings is 2. The Morgan fingerprint density at radius 3 is 1.68 bits per heavy atom. The fourth-order valence-electron chi connectivity index (χ4n) is 16.6. The molecule has 11 heteroatoms. The predicted molar refractivity (Wildman–Crippen MR) is 390 cm³/mol. The number of hydrogen-bond donors (Lipinski definition) is 0. The van der Waals surface area contributed by atoms with Crippen LogP contribution < -0.4 is 26.2 Å². The van der Waals surface area contributed by atoms with Crippen molar-refractivity contribution in [3.8, 4) is 33.9 Å². The third kappa shape index (κ3) is 7.68. The van der Waals surface area contributed by atoms with E-state index in [1.165, 1.54) is 77.4 Å². The molecule has 6 nitrogen and oxygen atoms in total. The van der Waals surface area contributed by atoms with Gasteiger partial charge in [0, 0.05) is 114 Å². The summed E-state index contributed by atoms with van der Waals surface area (Å²) in [5, 5.41) is 9.50. The molecule has 93 heavy (non-hydrogen) atoms. The largest absolute Gasteiger partial charge is 0.454 e. The van der Waals surface area contributed by atoms with Gasteiger partial charge in [-0.3, -0.25) is 0 Å². The Labute approximate surface area is 556 Å². The summed E-state index contributed by atoms with van der Waals surface area (Å²) in [5.74, 6) is 0. The van der Waals surface area contributed by atoms with Gasteiger partial charge in [-0.15, -0.1) is 0 Å². The molecule has 4 aliphatic rings. The van der Waals surface area contributed by atoms with E-state index in [9.17, 15) is 0 Å². The van der Waals surface area contributed by atoms with Crippen molar-refractivity contribution in [2.24, 2.45) is 0 Å². The first-order chi connectivity index (χ1) is 45.3. The Morgan fingerprint density at radius 2 is 0.935 bits per heavy atom. The van der Waals surface area contributed by atoms with Gasteiger partial charge < -0.3 is 27.8 Å². The van der Waals surface area contributed by atoms with Crippen LogP contribution in [0.2, 0.25) is 20.1 Å². The van der Waals surface area contributed by atoms with E-state index in [0.717, 1.165) is 94.9 Å². The lowest BCUT2D eigenvalue weighted by molar-refractivity contribution is 0.666. The summed E-state index contributed by atoms with van der Waals surface area (Å²) >= 11 is 27.7. The molecule has 2 aliphatic carbocycles. The first kappa shape index (κ1) is 54.8.